The van der Waals surface area contributed by atoms with Crippen molar-refractivity contribution in [1.29, 1.82) is 0 Å². The van der Waals surface area contributed by atoms with E-state index in [1.54, 1.807) is 25.1 Å². The number of aryl methyl sites for hydroxylation is 1. The number of hydrogen-bond acceptors (Lipinski definition) is 7. The van der Waals surface area contributed by atoms with Crippen molar-refractivity contribution in [3.05, 3.63) is 44.3 Å². The zero-order valence-corrected chi connectivity index (χ0v) is 15.3. The Morgan fingerprint density at radius 2 is 2.17 bits per heavy atom. The van der Waals surface area contributed by atoms with Gasteiger partial charge in [-0.1, -0.05) is 46.3 Å². The maximum Gasteiger partial charge on any atom is 0.296 e. The van der Waals surface area contributed by atoms with Crippen LogP contribution in [0.4, 0.5) is 5.69 Å². The van der Waals surface area contributed by atoms with Gasteiger partial charge in [-0.25, -0.2) is 0 Å². The minimum atomic E-state index is -0.319. The Labute approximate surface area is 154 Å². The van der Waals surface area contributed by atoms with Crippen LogP contribution in [0.15, 0.2) is 27.3 Å². The molecule has 2 aromatic heterocycles. The number of rotatable bonds is 4. The molecule has 0 spiro atoms. The Morgan fingerprint density at radius 1 is 1.38 bits per heavy atom. The van der Waals surface area contributed by atoms with Crippen LogP contribution in [-0.4, -0.2) is 31.5 Å². The summed E-state index contributed by atoms with van der Waals surface area (Å²) in [6.07, 6.45) is 0. The molecule has 0 fully saturated rings. The first-order valence-electron chi connectivity index (χ1n) is 6.55. The molecule has 1 amide bonds. The van der Waals surface area contributed by atoms with Gasteiger partial charge in [0.25, 0.3) is 5.56 Å². The number of thioether (sulfide) groups is 1. The maximum atomic E-state index is 12.0. The van der Waals surface area contributed by atoms with Gasteiger partial charge in [0.05, 0.1) is 16.5 Å². The molecular weight excluding hydrogens is 393 g/mol. The first kappa shape index (κ1) is 17.2. The predicted octanol–water partition coefficient (Wildman–Crippen LogP) is 2.89. The SMILES string of the molecule is Cc1nnc2sc(SCC(=O)Nc3ccc(Cl)cc3Cl)nn2c1=O. The van der Waals surface area contributed by atoms with Gasteiger partial charge in [0.15, 0.2) is 4.34 Å². The van der Waals surface area contributed by atoms with Crippen molar-refractivity contribution in [2.45, 2.75) is 11.3 Å². The first-order chi connectivity index (χ1) is 11.4. The van der Waals surface area contributed by atoms with Crippen molar-refractivity contribution in [2.75, 3.05) is 11.1 Å². The summed E-state index contributed by atoms with van der Waals surface area (Å²) >= 11 is 14.2. The Kier molecular flexibility index (Phi) is 5.04. The van der Waals surface area contributed by atoms with Crippen LogP contribution in [-0.2, 0) is 4.79 Å². The molecule has 2 heterocycles. The highest BCUT2D eigenvalue weighted by Gasteiger charge is 2.12. The quantitative estimate of drug-likeness (QED) is 0.675. The average molecular weight is 402 g/mol. The number of benzene rings is 1. The van der Waals surface area contributed by atoms with Gasteiger partial charge < -0.3 is 5.32 Å². The summed E-state index contributed by atoms with van der Waals surface area (Å²) in [4.78, 5) is 24.3. The van der Waals surface area contributed by atoms with Crippen LogP contribution in [0, 0.1) is 6.92 Å². The molecule has 124 valence electrons. The van der Waals surface area contributed by atoms with Crippen LogP contribution in [0.1, 0.15) is 5.69 Å². The predicted molar refractivity (Wildman–Crippen MR) is 95.5 cm³/mol. The van der Waals surface area contributed by atoms with Crippen LogP contribution >= 0.6 is 46.3 Å². The molecule has 3 aromatic rings. The third-order valence-electron chi connectivity index (χ3n) is 2.86. The number of nitrogens with zero attached hydrogens (tertiary/aromatic N) is 4. The van der Waals surface area contributed by atoms with E-state index in [0.717, 1.165) is 0 Å². The molecule has 0 atom stereocenters. The Morgan fingerprint density at radius 3 is 2.92 bits per heavy atom. The van der Waals surface area contributed by atoms with Gasteiger partial charge in [0, 0.05) is 5.02 Å². The second-order valence-electron chi connectivity index (χ2n) is 4.61. The summed E-state index contributed by atoms with van der Waals surface area (Å²) in [5, 5.41) is 15.3. The van der Waals surface area contributed by atoms with Crippen molar-refractivity contribution < 1.29 is 4.79 Å². The van der Waals surface area contributed by atoms with Crippen molar-refractivity contribution >= 4 is 62.9 Å². The molecule has 24 heavy (non-hydrogen) atoms. The van der Waals surface area contributed by atoms with Crippen molar-refractivity contribution in [1.82, 2.24) is 19.8 Å². The van der Waals surface area contributed by atoms with Crippen LogP contribution in [0.2, 0.25) is 10.0 Å². The molecule has 0 aliphatic heterocycles. The Bertz CT molecular complexity index is 988. The van der Waals surface area contributed by atoms with E-state index in [0.29, 0.717) is 25.0 Å². The van der Waals surface area contributed by atoms with Crippen molar-refractivity contribution in [3.8, 4) is 0 Å². The molecule has 11 heteroatoms. The van der Waals surface area contributed by atoms with E-state index in [-0.39, 0.29) is 22.9 Å². The number of carbonyl (C=O) groups excluding carboxylic acids is 1. The van der Waals surface area contributed by atoms with Gasteiger partial charge in [-0.3, -0.25) is 9.59 Å². The van der Waals surface area contributed by atoms with Gasteiger partial charge in [-0.2, -0.15) is 4.52 Å². The summed E-state index contributed by atoms with van der Waals surface area (Å²) in [5.41, 5.74) is 0.429. The molecule has 1 N–H and O–H groups in total. The molecule has 7 nitrogen and oxygen atoms in total. The highest BCUT2D eigenvalue weighted by Crippen LogP contribution is 2.26. The first-order valence-corrected chi connectivity index (χ1v) is 9.10. The lowest BCUT2D eigenvalue weighted by Crippen LogP contribution is -2.19. The second kappa shape index (κ2) is 7.06. The molecular formula is C13H9Cl2N5O2S2. The zero-order valence-electron chi connectivity index (χ0n) is 12.1. The third kappa shape index (κ3) is 3.69. The smallest absolute Gasteiger partial charge is 0.296 e. The fraction of sp³-hybridized carbons (Fsp3) is 0.154. The number of carbonyl (C=O) groups is 1. The van der Waals surface area contributed by atoms with E-state index in [1.165, 1.54) is 27.6 Å². The molecule has 0 saturated carbocycles. The molecule has 0 unspecified atom stereocenters. The van der Waals surface area contributed by atoms with Crippen LogP contribution in [0.5, 0.6) is 0 Å². The standard InChI is InChI=1S/C13H9Cl2N5O2S2/c1-6-11(22)20-12(18-17-6)24-13(19-20)23-5-10(21)16-9-3-2-7(14)4-8(9)15/h2-4H,5H2,1H3,(H,16,21). The van der Waals surface area contributed by atoms with Gasteiger partial charge in [-0.05, 0) is 25.1 Å². The van der Waals surface area contributed by atoms with Gasteiger partial charge in [-0.15, -0.1) is 15.3 Å². The summed E-state index contributed by atoms with van der Waals surface area (Å²) in [7, 11) is 0. The van der Waals surface area contributed by atoms with Crippen LogP contribution < -0.4 is 10.9 Å². The maximum absolute atomic E-state index is 12.0. The highest BCUT2D eigenvalue weighted by atomic mass is 35.5. The van der Waals surface area contributed by atoms with E-state index >= 15 is 0 Å². The third-order valence-corrected chi connectivity index (χ3v) is 5.44. The molecule has 0 radical (unpaired) electrons. The summed E-state index contributed by atoms with van der Waals surface area (Å²) in [6.45, 7) is 1.57. The summed E-state index contributed by atoms with van der Waals surface area (Å²) in [5.74, 6) is -0.141. The number of amides is 1. The molecule has 1 aromatic carbocycles. The highest BCUT2D eigenvalue weighted by molar-refractivity contribution is 8.01. The van der Waals surface area contributed by atoms with E-state index in [4.69, 9.17) is 23.2 Å². The lowest BCUT2D eigenvalue weighted by atomic mass is 10.3. The fourth-order valence-corrected chi connectivity index (χ4v) is 3.87. The number of anilines is 1. The monoisotopic (exact) mass is 401 g/mol. The van der Waals surface area contributed by atoms with Crippen LogP contribution in [0.3, 0.4) is 0 Å². The lowest BCUT2D eigenvalue weighted by Gasteiger charge is -2.06. The number of aromatic nitrogens is 4. The fourth-order valence-electron chi connectivity index (χ4n) is 1.74. The van der Waals surface area contributed by atoms with Gasteiger partial charge >= 0.3 is 0 Å². The Balaban J connectivity index is 1.68. The minimum Gasteiger partial charge on any atom is -0.324 e. The molecule has 0 aliphatic rings. The van der Waals surface area contributed by atoms with E-state index in [2.05, 4.69) is 20.6 Å². The lowest BCUT2D eigenvalue weighted by molar-refractivity contribution is -0.113. The molecule has 3 rings (SSSR count). The van der Waals surface area contributed by atoms with E-state index < -0.39 is 0 Å². The average Bonchev–Trinajstić information content (AvgIpc) is 2.96. The zero-order chi connectivity index (χ0) is 17.3. The topological polar surface area (TPSA) is 89.2 Å². The van der Waals surface area contributed by atoms with Gasteiger partial charge in [0.1, 0.15) is 5.69 Å². The largest absolute Gasteiger partial charge is 0.324 e. The number of hydrogen-bond donors (Lipinski definition) is 1. The minimum absolute atomic E-state index is 0.111. The van der Waals surface area contributed by atoms with Gasteiger partial charge in [0.2, 0.25) is 10.9 Å². The summed E-state index contributed by atoms with van der Waals surface area (Å²) < 4.78 is 1.73. The van der Waals surface area contributed by atoms with Crippen molar-refractivity contribution in [3.63, 3.8) is 0 Å². The number of fused-ring (bicyclic) bond motifs is 1. The second-order valence-corrected chi connectivity index (χ2v) is 7.64. The number of nitrogens with one attached hydrogen (secondary N) is 1. The molecule has 0 saturated heterocycles. The van der Waals surface area contributed by atoms with E-state index in [1.807, 2.05) is 0 Å². The molecule has 0 aliphatic carbocycles. The van der Waals surface area contributed by atoms with Crippen LogP contribution in [0.25, 0.3) is 4.96 Å². The van der Waals surface area contributed by atoms with E-state index in [9.17, 15) is 9.59 Å². The Hall–Kier alpha value is -1.68. The molecule has 0 bridgehead atoms. The summed E-state index contributed by atoms with van der Waals surface area (Å²) in [6, 6.07) is 4.81. The van der Waals surface area contributed by atoms with Crippen molar-refractivity contribution in [2.24, 2.45) is 0 Å². The number of halogens is 2. The normalized spacial score (nSPS) is 11.0.